The first-order valence-electron chi connectivity index (χ1n) is 16.4. The Morgan fingerprint density at radius 3 is 2.13 bits per heavy atom. The Balaban J connectivity index is 1.61. The molecule has 6 nitrogen and oxygen atoms in total. The Morgan fingerprint density at radius 1 is 0.891 bits per heavy atom. The molecule has 0 aliphatic carbocycles. The summed E-state index contributed by atoms with van der Waals surface area (Å²) in [5, 5.41) is 0.0429. The van der Waals surface area contributed by atoms with Crippen LogP contribution in [0, 0.1) is 11.8 Å². The van der Waals surface area contributed by atoms with Crippen molar-refractivity contribution in [2.45, 2.75) is 117 Å². The molecule has 4 rings (SSSR count). The third-order valence-electron chi connectivity index (χ3n) is 8.51. The van der Waals surface area contributed by atoms with E-state index in [-0.39, 0.29) is 17.2 Å². The second-order valence-electron chi connectivity index (χ2n) is 14.0. The summed E-state index contributed by atoms with van der Waals surface area (Å²) in [6, 6.07) is 23.8. The average molecular weight is 643 g/mol. The minimum Gasteiger partial charge on any atom is -0.489 e. The number of fused-ring (bicyclic) bond motifs is 1. The molecule has 2 atom stereocenters. The lowest BCUT2D eigenvalue weighted by atomic mass is 10.0. The van der Waals surface area contributed by atoms with Crippen LogP contribution in [0.4, 0.5) is 0 Å². The minimum atomic E-state index is -2.11. The number of carbonyl (C=O) groups excluding carboxylic acids is 1. The van der Waals surface area contributed by atoms with Gasteiger partial charge in [-0.05, 0) is 48.2 Å². The van der Waals surface area contributed by atoms with Crippen molar-refractivity contribution in [1.29, 1.82) is 0 Å². The van der Waals surface area contributed by atoms with Gasteiger partial charge in [-0.2, -0.15) is 0 Å². The highest BCUT2D eigenvalue weighted by molar-refractivity contribution is 6.74. The minimum absolute atomic E-state index is 0.0369. The van der Waals surface area contributed by atoms with Crippen molar-refractivity contribution >= 4 is 14.3 Å². The molecule has 0 spiro atoms. The van der Waals surface area contributed by atoms with E-state index in [0.717, 1.165) is 30.4 Å². The molecule has 246 valence electrons. The number of hydrogen-bond acceptors (Lipinski definition) is 6. The average Bonchev–Trinajstić information content (AvgIpc) is 2.98. The monoisotopic (exact) mass is 642 g/mol. The van der Waals surface area contributed by atoms with Gasteiger partial charge in [0.05, 0.1) is 18.8 Å². The quantitative estimate of drug-likeness (QED) is 0.105. The fraction of sp³-hybridized carbons (Fsp3) is 0.462. The molecule has 1 aliphatic rings. The van der Waals surface area contributed by atoms with Gasteiger partial charge in [-0.25, -0.2) is 4.79 Å². The van der Waals surface area contributed by atoms with Gasteiger partial charge in [-0.15, -0.1) is 0 Å². The zero-order valence-corrected chi connectivity index (χ0v) is 29.8. The first kappa shape index (κ1) is 35.3. The molecule has 3 aromatic carbocycles. The second kappa shape index (κ2) is 15.3. The fourth-order valence-electron chi connectivity index (χ4n) is 5.06. The third-order valence-corrected chi connectivity index (χ3v) is 13.0. The Hall–Kier alpha value is -3.57. The highest BCUT2D eigenvalue weighted by Gasteiger charge is 2.40. The highest BCUT2D eigenvalue weighted by atomic mass is 28.4. The van der Waals surface area contributed by atoms with Gasteiger partial charge in [0.15, 0.2) is 8.32 Å². The topological polar surface area (TPSA) is 63.2 Å². The zero-order valence-electron chi connectivity index (χ0n) is 28.8. The van der Waals surface area contributed by atoms with E-state index in [4.69, 9.17) is 23.4 Å². The molecule has 0 saturated carbocycles. The summed E-state index contributed by atoms with van der Waals surface area (Å²) in [5.74, 6) is 6.06. The Bertz CT molecular complexity index is 1500. The Kier molecular flexibility index (Phi) is 11.8. The van der Waals surface area contributed by atoms with Gasteiger partial charge in [-0.1, -0.05) is 107 Å². The normalized spacial score (nSPS) is 15.4. The first-order chi connectivity index (χ1) is 21.8. The van der Waals surface area contributed by atoms with Crippen LogP contribution in [-0.4, -0.2) is 32.3 Å². The maximum Gasteiger partial charge on any atom is 0.346 e. The summed E-state index contributed by atoms with van der Waals surface area (Å²) in [4.78, 5) is 13.2. The standard InChI is InChI=1S/C39H50O6Si/c1-9-17-32(41-27-29-18-12-10-13-19-29)25-33(45-46(7,8)38(2,3)4)23-16-22-31-24-34(42-28-30-20-14-11-15-21-30)26-35-36(31)37(40)44-39(5,6)43-35/h10-15,18-21,24,26,32-33H,9,17,23,25,27-28H2,1-8H3/t32-,33-/m0/s1. The molecule has 0 bridgehead atoms. The number of benzene rings is 3. The van der Waals surface area contributed by atoms with E-state index in [0.29, 0.717) is 42.3 Å². The van der Waals surface area contributed by atoms with E-state index in [2.05, 4.69) is 64.8 Å². The Labute approximate surface area is 276 Å². The summed E-state index contributed by atoms with van der Waals surface area (Å²) in [7, 11) is -2.11. The predicted molar refractivity (Wildman–Crippen MR) is 185 cm³/mol. The zero-order chi connectivity index (χ0) is 33.4. The largest absolute Gasteiger partial charge is 0.489 e. The van der Waals surface area contributed by atoms with Gasteiger partial charge < -0.3 is 23.4 Å². The Morgan fingerprint density at radius 2 is 1.52 bits per heavy atom. The van der Waals surface area contributed by atoms with E-state index >= 15 is 0 Å². The molecule has 7 heteroatoms. The molecule has 0 saturated heterocycles. The van der Waals surface area contributed by atoms with Crippen LogP contribution >= 0.6 is 0 Å². The van der Waals surface area contributed by atoms with E-state index in [1.54, 1.807) is 26.0 Å². The van der Waals surface area contributed by atoms with Crippen LogP contribution in [0.25, 0.3) is 0 Å². The van der Waals surface area contributed by atoms with E-state index in [1.165, 1.54) is 0 Å². The van der Waals surface area contributed by atoms with Crippen molar-refractivity contribution in [3.8, 4) is 23.3 Å². The van der Waals surface area contributed by atoms with Crippen molar-refractivity contribution in [3.05, 3.63) is 95.1 Å². The lowest BCUT2D eigenvalue weighted by Crippen LogP contribution is -2.44. The number of carbonyl (C=O) groups is 1. The van der Waals surface area contributed by atoms with Gasteiger partial charge in [0, 0.05) is 31.9 Å². The van der Waals surface area contributed by atoms with Crippen molar-refractivity contribution in [1.82, 2.24) is 0 Å². The maximum absolute atomic E-state index is 13.2. The van der Waals surface area contributed by atoms with Crippen molar-refractivity contribution < 1.29 is 28.2 Å². The summed E-state index contributed by atoms with van der Waals surface area (Å²) in [6.07, 6.45) is 3.08. The van der Waals surface area contributed by atoms with Crippen LogP contribution in [0.5, 0.6) is 11.5 Å². The molecular weight excluding hydrogens is 593 g/mol. The SMILES string of the molecule is CCC[C@@H](C[C@H](CC#Cc1cc(OCc2ccccc2)cc2c1C(=O)OC(C)(C)O2)O[Si](C)(C)C(C)(C)C)OCc1ccccc1. The second-order valence-corrected chi connectivity index (χ2v) is 18.7. The summed E-state index contributed by atoms with van der Waals surface area (Å²) < 4.78 is 31.2. The molecule has 0 fully saturated rings. The summed E-state index contributed by atoms with van der Waals surface area (Å²) in [5.41, 5.74) is 3.02. The van der Waals surface area contributed by atoms with Gasteiger partial charge in [-0.3, -0.25) is 0 Å². The molecular formula is C39H50O6Si. The lowest BCUT2D eigenvalue weighted by Gasteiger charge is -2.39. The fourth-order valence-corrected chi connectivity index (χ4v) is 6.43. The molecule has 1 aliphatic heterocycles. The van der Waals surface area contributed by atoms with E-state index < -0.39 is 20.1 Å². The van der Waals surface area contributed by atoms with Crippen LogP contribution in [0.3, 0.4) is 0 Å². The number of esters is 1. The van der Waals surface area contributed by atoms with Crippen LogP contribution in [0.2, 0.25) is 18.1 Å². The van der Waals surface area contributed by atoms with Crippen LogP contribution in [0.1, 0.15) is 94.3 Å². The summed E-state index contributed by atoms with van der Waals surface area (Å²) in [6.45, 7) is 17.8. The third kappa shape index (κ3) is 9.96. The molecule has 0 radical (unpaired) electrons. The van der Waals surface area contributed by atoms with Crippen molar-refractivity contribution in [2.24, 2.45) is 0 Å². The van der Waals surface area contributed by atoms with E-state index in [9.17, 15) is 4.79 Å². The van der Waals surface area contributed by atoms with Crippen LogP contribution in [0.15, 0.2) is 72.8 Å². The molecule has 0 N–H and O–H groups in total. The van der Waals surface area contributed by atoms with Gasteiger partial charge in [0.25, 0.3) is 0 Å². The predicted octanol–water partition coefficient (Wildman–Crippen LogP) is 9.46. The number of rotatable bonds is 13. The van der Waals surface area contributed by atoms with Gasteiger partial charge in [0.1, 0.15) is 23.7 Å². The molecule has 0 amide bonds. The van der Waals surface area contributed by atoms with Gasteiger partial charge in [0.2, 0.25) is 5.79 Å². The van der Waals surface area contributed by atoms with E-state index in [1.807, 2.05) is 48.5 Å². The van der Waals surface area contributed by atoms with Crippen molar-refractivity contribution in [3.63, 3.8) is 0 Å². The first-order valence-corrected chi connectivity index (χ1v) is 19.3. The smallest absolute Gasteiger partial charge is 0.346 e. The van der Waals surface area contributed by atoms with Crippen LogP contribution < -0.4 is 9.47 Å². The molecule has 3 aromatic rings. The van der Waals surface area contributed by atoms with Crippen LogP contribution in [-0.2, 0) is 27.1 Å². The molecule has 1 heterocycles. The molecule has 46 heavy (non-hydrogen) atoms. The summed E-state index contributed by atoms with van der Waals surface area (Å²) >= 11 is 0. The number of hydrogen-bond donors (Lipinski definition) is 0. The lowest BCUT2D eigenvalue weighted by molar-refractivity contribution is -0.127. The number of ether oxygens (including phenoxy) is 4. The molecule has 0 unspecified atom stereocenters. The number of cyclic esters (lactones) is 1. The van der Waals surface area contributed by atoms with Crippen molar-refractivity contribution in [2.75, 3.05) is 0 Å². The highest BCUT2D eigenvalue weighted by Crippen LogP contribution is 2.39. The van der Waals surface area contributed by atoms with Gasteiger partial charge >= 0.3 is 5.97 Å². The molecule has 0 aromatic heterocycles. The maximum atomic E-state index is 13.2.